The largest absolute Gasteiger partial charge is 0.496 e. The van der Waals surface area contributed by atoms with E-state index >= 15 is 0 Å². The van der Waals surface area contributed by atoms with Gasteiger partial charge >= 0.3 is 5.97 Å². The molecule has 0 atom stereocenters. The molecule has 4 nitrogen and oxygen atoms in total. The van der Waals surface area contributed by atoms with Crippen molar-refractivity contribution in [3.8, 4) is 5.75 Å². The molecule has 1 aromatic carbocycles. The summed E-state index contributed by atoms with van der Waals surface area (Å²) < 4.78 is 5.30. The Labute approximate surface area is 122 Å². The van der Waals surface area contributed by atoms with Crippen LogP contribution in [0.15, 0.2) is 35.0 Å². The van der Waals surface area contributed by atoms with Gasteiger partial charge < -0.3 is 9.84 Å². The van der Waals surface area contributed by atoms with Gasteiger partial charge in [-0.2, -0.15) is 11.3 Å². The smallest absolute Gasteiger partial charge is 0.335 e. The molecule has 0 unspecified atom stereocenters. The van der Waals surface area contributed by atoms with Crippen LogP contribution in [0.5, 0.6) is 5.75 Å². The summed E-state index contributed by atoms with van der Waals surface area (Å²) in [6.45, 7) is 1.46. The van der Waals surface area contributed by atoms with Crippen molar-refractivity contribution in [2.45, 2.75) is 13.1 Å². The fraction of sp³-hybridized carbons (Fsp3) is 0.267. The first-order valence-corrected chi connectivity index (χ1v) is 7.14. The quantitative estimate of drug-likeness (QED) is 0.888. The summed E-state index contributed by atoms with van der Waals surface area (Å²) in [4.78, 5) is 13.2. The Kier molecular flexibility index (Phi) is 4.76. The molecule has 0 saturated carbocycles. The van der Waals surface area contributed by atoms with Crippen molar-refractivity contribution < 1.29 is 14.6 Å². The van der Waals surface area contributed by atoms with Crippen LogP contribution in [0, 0.1) is 0 Å². The van der Waals surface area contributed by atoms with Crippen molar-refractivity contribution in [2.24, 2.45) is 0 Å². The summed E-state index contributed by atoms with van der Waals surface area (Å²) in [5.41, 5.74) is 2.42. The lowest BCUT2D eigenvalue weighted by Crippen LogP contribution is -2.17. The number of carboxylic acid groups (broad SMARTS) is 1. The lowest BCUT2D eigenvalue weighted by Gasteiger charge is -2.18. The molecule has 5 heteroatoms. The van der Waals surface area contributed by atoms with E-state index in [0.29, 0.717) is 12.3 Å². The number of hydrogen-bond acceptors (Lipinski definition) is 4. The number of benzene rings is 1. The molecule has 0 fully saturated rings. The van der Waals surface area contributed by atoms with Gasteiger partial charge in [-0.05, 0) is 47.6 Å². The number of rotatable bonds is 6. The van der Waals surface area contributed by atoms with Gasteiger partial charge in [0.15, 0.2) is 0 Å². The van der Waals surface area contributed by atoms with Gasteiger partial charge in [0.1, 0.15) is 5.75 Å². The van der Waals surface area contributed by atoms with Gasteiger partial charge in [-0.25, -0.2) is 4.79 Å². The maximum absolute atomic E-state index is 11.0. The third kappa shape index (κ3) is 3.59. The van der Waals surface area contributed by atoms with E-state index in [1.165, 1.54) is 5.56 Å². The van der Waals surface area contributed by atoms with Crippen LogP contribution in [-0.4, -0.2) is 30.1 Å². The highest BCUT2D eigenvalue weighted by atomic mass is 32.1. The number of carboxylic acids is 1. The molecule has 0 bridgehead atoms. The molecule has 1 heterocycles. The standard InChI is InChI=1S/C15H17NO3S/c1-16(8-11-5-6-20-10-11)9-13-7-12(15(17)18)3-4-14(13)19-2/h3-7,10H,8-9H2,1-2H3,(H,17,18). The number of carbonyl (C=O) groups is 1. The number of hydrogen-bond donors (Lipinski definition) is 1. The molecule has 20 heavy (non-hydrogen) atoms. The van der Waals surface area contributed by atoms with E-state index in [-0.39, 0.29) is 5.56 Å². The Morgan fingerprint density at radius 3 is 2.75 bits per heavy atom. The predicted octanol–water partition coefficient (Wildman–Crippen LogP) is 3.09. The SMILES string of the molecule is COc1ccc(C(=O)O)cc1CN(C)Cc1ccsc1. The van der Waals surface area contributed by atoms with Crippen LogP contribution in [0.3, 0.4) is 0 Å². The molecular formula is C15H17NO3S. The minimum atomic E-state index is -0.922. The van der Waals surface area contributed by atoms with Gasteiger partial charge in [-0.1, -0.05) is 0 Å². The van der Waals surface area contributed by atoms with Gasteiger partial charge in [0.2, 0.25) is 0 Å². The minimum Gasteiger partial charge on any atom is -0.496 e. The number of aromatic carboxylic acids is 1. The summed E-state index contributed by atoms with van der Waals surface area (Å²) in [5, 5.41) is 13.2. The van der Waals surface area contributed by atoms with E-state index in [1.54, 1.807) is 36.6 Å². The molecular weight excluding hydrogens is 274 g/mol. The van der Waals surface area contributed by atoms with Crippen LogP contribution < -0.4 is 4.74 Å². The highest BCUT2D eigenvalue weighted by Gasteiger charge is 2.11. The molecule has 106 valence electrons. The summed E-state index contributed by atoms with van der Waals surface area (Å²) in [7, 11) is 3.60. The second-order valence-electron chi connectivity index (χ2n) is 4.64. The van der Waals surface area contributed by atoms with Gasteiger partial charge in [0, 0.05) is 18.7 Å². The zero-order valence-electron chi connectivity index (χ0n) is 11.5. The Morgan fingerprint density at radius 1 is 1.35 bits per heavy atom. The highest BCUT2D eigenvalue weighted by Crippen LogP contribution is 2.22. The van der Waals surface area contributed by atoms with Crippen molar-refractivity contribution >= 4 is 17.3 Å². The van der Waals surface area contributed by atoms with Gasteiger partial charge in [0.05, 0.1) is 12.7 Å². The molecule has 0 aliphatic rings. The first-order chi connectivity index (χ1) is 9.60. The Bertz CT molecular complexity index is 581. The average Bonchev–Trinajstić information content (AvgIpc) is 2.91. The van der Waals surface area contributed by atoms with Crippen LogP contribution >= 0.6 is 11.3 Å². The zero-order chi connectivity index (χ0) is 14.5. The van der Waals surface area contributed by atoms with Crippen LogP contribution in [0.25, 0.3) is 0 Å². The number of nitrogens with zero attached hydrogens (tertiary/aromatic N) is 1. The maximum Gasteiger partial charge on any atom is 0.335 e. The van der Waals surface area contributed by atoms with Crippen molar-refractivity contribution in [1.29, 1.82) is 0 Å². The molecule has 0 aliphatic heterocycles. The van der Waals surface area contributed by atoms with Crippen molar-refractivity contribution in [2.75, 3.05) is 14.2 Å². The molecule has 1 N–H and O–H groups in total. The van der Waals surface area contributed by atoms with Crippen molar-refractivity contribution in [1.82, 2.24) is 4.90 Å². The molecule has 0 saturated heterocycles. The topological polar surface area (TPSA) is 49.8 Å². The van der Waals surface area contributed by atoms with E-state index in [0.717, 1.165) is 12.1 Å². The van der Waals surface area contributed by atoms with Gasteiger partial charge in [-0.15, -0.1) is 0 Å². The Hall–Kier alpha value is -1.85. The third-order valence-electron chi connectivity index (χ3n) is 3.00. The lowest BCUT2D eigenvalue weighted by atomic mass is 10.1. The Morgan fingerprint density at radius 2 is 2.15 bits per heavy atom. The number of methoxy groups -OCH3 is 1. The lowest BCUT2D eigenvalue weighted by molar-refractivity contribution is 0.0696. The van der Waals surface area contributed by atoms with Crippen LogP contribution in [0.1, 0.15) is 21.5 Å². The zero-order valence-corrected chi connectivity index (χ0v) is 12.3. The van der Waals surface area contributed by atoms with Gasteiger partial charge in [0.25, 0.3) is 0 Å². The number of thiophene rings is 1. The average molecular weight is 291 g/mol. The molecule has 1 aromatic heterocycles. The van der Waals surface area contributed by atoms with Gasteiger partial charge in [-0.3, -0.25) is 4.90 Å². The van der Waals surface area contributed by atoms with Crippen LogP contribution in [-0.2, 0) is 13.1 Å². The predicted molar refractivity (Wildman–Crippen MR) is 79.4 cm³/mol. The molecule has 0 radical (unpaired) electrons. The highest BCUT2D eigenvalue weighted by molar-refractivity contribution is 7.07. The van der Waals surface area contributed by atoms with Crippen LogP contribution in [0.2, 0.25) is 0 Å². The van der Waals surface area contributed by atoms with E-state index in [4.69, 9.17) is 9.84 Å². The summed E-state index contributed by atoms with van der Waals surface area (Å²) in [5.74, 6) is -0.207. The Balaban J connectivity index is 2.14. The second kappa shape index (κ2) is 6.54. The fourth-order valence-corrected chi connectivity index (χ4v) is 2.74. The maximum atomic E-state index is 11.0. The molecule has 2 rings (SSSR count). The van der Waals surface area contributed by atoms with E-state index < -0.39 is 5.97 Å². The number of ether oxygens (including phenoxy) is 1. The fourth-order valence-electron chi connectivity index (χ4n) is 2.08. The van der Waals surface area contributed by atoms with Crippen LogP contribution in [0.4, 0.5) is 0 Å². The van der Waals surface area contributed by atoms with E-state index in [9.17, 15) is 4.79 Å². The first kappa shape index (κ1) is 14.6. The molecule has 0 spiro atoms. The minimum absolute atomic E-state index is 0.282. The van der Waals surface area contributed by atoms with Crippen molar-refractivity contribution in [3.05, 3.63) is 51.7 Å². The third-order valence-corrected chi connectivity index (χ3v) is 3.73. The summed E-state index contributed by atoms with van der Waals surface area (Å²) in [6, 6.07) is 7.03. The second-order valence-corrected chi connectivity index (χ2v) is 5.42. The first-order valence-electron chi connectivity index (χ1n) is 6.20. The molecule has 0 aliphatic carbocycles. The summed E-state index contributed by atoms with van der Waals surface area (Å²) in [6.07, 6.45) is 0. The molecule has 0 amide bonds. The normalized spacial score (nSPS) is 10.8. The van der Waals surface area contributed by atoms with E-state index in [2.05, 4.69) is 21.7 Å². The molecule has 2 aromatic rings. The monoisotopic (exact) mass is 291 g/mol. The van der Waals surface area contributed by atoms with E-state index in [1.807, 2.05) is 7.05 Å². The summed E-state index contributed by atoms with van der Waals surface area (Å²) >= 11 is 1.67. The van der Waals surface area contributed by atoms with Crippen molar-refractivity contribution in [3.63, 3.8) is 0 Å².